The number of aromatic nitrogens is 3. The SMILES string of the molecule is COc1cccc(-n2c(C)cc(C(=O)NC3CCN(c4ncccn4)CC3)c2C)c1. The average Bonchev–Trinajstić information content (AvgIpc) is 3.09. The van der Waals surface area contributed by atoms with E-state index in [0.29, 0.717) is 5.56 Å². The number of hydrogen-bond acceptors (Lipinski definition) is 5. The Bertz CT molecular complexity index is 1020. The summed E-state index contributed by atoms with van der Waals surface area (Å²) in [7, 11) is 1.66. The Labute approximate surface area is 176 Å². The van der Waals surface area contributed by atoms with Crippen molar-refractivity contribution in [2.45, 2.75) is 32.7 Å². The highest BCUT2D eigenvalue weighted by Gasteiger charge is 2.24. The number of ether oxygens (including phenoxy) is 1. The molecule has 0 unspecified atom stereocenters. The predicted octanol–water partition coefficient (Wildman–Crippen LogP) is 3.29. The molecule has 3 heterocycles. The van der Waals surface area contributed by atoms with Crippen molar-refractivity contribution >= 4 is 11.9 Å². The van der Waals surface area contributed by atoms with Gasteiger partial charge in [0, 0.05) is 54.7 Å². The fraction of sp³-hybridized carbons (Fsp3) is 0.348. The molecule has 0 radical (unpaired) electrons. The molecule has 7 heteroatoms. The Morgan fingerprint density at radius 3 is 2.53 bits per heavy atom. The van der Waals surface area contributed by atoms with Gasteiger partial charge in [0.1, 0.15) is 5.75 Å². The van der Waals surface area contributed by atoms with Gasteiger partial charge in [-0.1, -0.05) is 6.07 Å². The fourth-order valence-corrected chi connectivity index (χ4v) is 4.08. The lowest BCUT2D eigenvalue weighted by molar-refractivity contribution is 0.0930. The number of anilines is 1. The van der Waals surface area contributed by atoms with Crippen molar-refractivity contribution in [2.75, 3.05) is 25.1 Å². The van der Waals surface area contributed by atoms with Crippen molar-refractivity contribution in [3.8, 4) is 11.4 Å². The average molecular weight is 406 g/mol. The highest BCUT2D eigenvalue weighted by molar-refractivity contribution is 5.96. The molecular weight excluding hydrogens is 378 g/mol. The number of piperidine rings is 1. The summed E-state index contributed by atoms with van der Waals surface area (Å²) < 4.78 is 7.44. The first-order chi connectivity index (χ1) is 14.6. The van der Waals surface area contributed by atoms with Crippen LogP contribution in [0.2, 0.25) is 0 Å². The minimum absolute atomic E-state index is 0.0216. The minimum Gasteiger partial charge on any atom is -0.497 e. The first kappa shape index (κ1) is 19.9. The van der Waals surface area contributed by atoms with Gasteiger partial charge in [0.15, 0.2) is 0 Å². The molecular formula is C23H27N5O2. The number of nitrogens with one attached hydrogen (secondary N) is 1. The molecule has 156 valence electrons. The summed E-state index contributed by atoms with van der Waals surface area (Å²) in [5.74, 6) is 1.52. The number of aryl methyl sites for hydroxylation is 1. The topological polar surface area (TPSA) is 72.3 Å². The standard InChI is InChI=1S/C23H27N5O2/c1-16-14-21(17(2)28(16)19-6-4-7-20(15-19)30-3)22(29)26-18-8-12-27(13-9-18)23-24-10-5-11-25-23/h4-7,10-11,14-15,18H,8-9,12-13H2,1-3H3,(H,26,29). The first-order valence-corrected chi connectivity index (χ1v) is 10.2. The van der Waals surface area contributed by atoms with E-state index < -0.39 is 0 Å². The van der Waals surface area contributed by atoms with Crippen molar-refractivity contribution in [3.63, 3.8) is 0 Å². The lowest BCUT2D eigenvalue weighted by Gasteiger charge is -2.32. The molecule has 1 fully saturated rings. The van der Waals surface area contributed by atoms with E-state index in [9.17, 15) is 4.79 Å². The number of amides is 1. The molecule has 7 nitrogen and oxygen atoms in total. The van der Waals surface area contributed by atoms with E-state index in [4.69, 9.17) is 4.74 Å². The van der Waals surface area contributed by atoms with E-state index in [1.54, 1.807) is 19.5 Å². The number of carbonyl (C=O) groups excluding carboxylic acids is 1. The molecule has 0 spiro atoms. The Morgan fingerprint density at radius 1 is 1.10 bits per heavy atom. The van der Waals surface area contributed by atoms with Crippen LogP contribution in [0, 0.1) is 13.8 Å². The Balaban J connectivity index is 1.44. The van der Waals surface area contributed by atoms with Gasteiger partial charge < -0.3 is 19.5 Å². The van der Waals surface area contributed by atoms with Crippen LogP contribution in [0.5, 0.6) is 5.75 Å². The number of rotatable bonds is 5. The number of benzene rings is 1. The van der Waals surface area contributed by atoms with E-state index >= 15 is 0 Å². The highest BCUT2D eigenvalue weighted by atomic mass is 16.5. The smallest absolute Gasteiger partial charge is 0.253 e. The van der Waals surface area contributed by atoms with Crippen LogP contribution in [0.3, 0.4) is 0 Å². The summed E-state index contributed by atoms with van der Waals surface area (Å²) in [4.78, 5) is 23.8. The van der Waals surface area contributed by atoms with Gasteiger partial charge in [-0.25, -0.2) is 9.97 Å². The summed E-state index contributed by atoms with van der Waals surface area (Å²) in [5.41, 5.74) is 3.64. The lowest BCUT2D eigenvalue weighted by atomic mass is 10.0. The number of nitrogens with zero attached hydrogens (tertiary/aromatic N) is 4. The fourth-order valence-electron chi connectivity index (χ4n) is 4.08. The Morgan fingerprint density at radius 2 is 1.83 bits per heavy atom. The van der Waals surface area contributed by atoms with E-state index in [1.165, 1.54) is 0 Å². The van der Waals surface area contributed by atoms with Crippen LogP contribution in [-0.4, -0.2) is 46.7 Å². The van der Waals surface area contributed by atoms with Crippen molar-refractivity contribution in [1.29, 1.82) is 0 Å². The maximum absolute atomic E-state index is 13.0. The molecule has 1 N–H and O–H groups in total. The normalized spacial score (nSPS) is 14.6. The van der Waals surface area contributed by atoms with Gasteiger partial charge in [-0.3, -0.25) is 4.79 Å². The molecule has 4 rings (SSSR count). The zero-order valence-electron chi connectivity index (χ0n) is 17.6. The maximum atomic E-state index is 13.0. The van der Waals surface area contributed by atoms with E-state index in [1.807, 2.05) is 50.2 Å². The highest BCUT2D eigenvalue weighted by Crippen LogP contribution is 2.24. The van der Waals surface area contributed by atoms with Gasteiger partial charge in [0.25, 0.3) is 5.91 Å². The van der Waals surface area contributed by atoms with Gasteiger partial charge in [-0.05, 0) is 51.0 Å². The van der Waals surface area contributed by atoms with Crippen LogP contribution in [0.1, 0.15) is 34.6 Å². The molecule has 0 atom stereocenters. The summed E-state index contributed by atoms with van der Waals surface area (Å²) in [6.07, 6.45) is 5.26. The lowest BCUT2D eigenvalue weighted by Crippen LogP contribution is -2.45. The Kier molecular flexibility index (Phi) is 5.70. The van der Waals surface area contributed by atoms with Gasteiger partial charge >= 0.3 is 0 Å². The molecule has 2 aromatic heterocycles. The van der Waals surface area contributed by atoms with Crippen molar-refractivity contribution in [3.05, 3.63) is 65.7 Å². The molecule has 1 saturated heterocycles. The molecule has 1 aliphatic heterocycles. The monoisotopic (exact) mass is 405 g/mol. The quantitative estimate of drug-likeness (QED) is 0.705. The third-order valence-corrected chi connectivity index (χ3v) is 5.65. The third-order valence-electron chi connectivity index (χ3n) is 5.65. The van der Waals surface area contributed by atoms with E-state index in [2.05, 4.69) is 24.8 Å². The summed E-state index contributed by atoms with van der Waals surface area (Å²) >= 11 is 0. The molecule has 1 amide bonds. The maximum Gasteiger partial charge on any atom is 0.253 e. The van der Waals surface area contributed by atoms with Crippen LogP contribution < -0.4 is 15.0 Å². The second-order valence-electron chi connectivity index (χ2n) is 7.61. The first-order valence-electron chi connectivity index (χ1n) is 10.2. The molecule has 0 aliphatic carbocycles. The van der Waals surface area contributed by atoms with E-state index in [-0.39, 0.29) is 11.9 Å². The summed E-state index contributed by atoms with van der Waals surface area (Å²) in [6.45, 7) is 5.66. The summed E-state index contributed by atoms with van der Waals surface area (Å²) in [6, 6.07) is 11.8. The number of carbonyl (C=O) groups is 1. The Hall–Kier alpha value is -3.35. The van der Waals surface area contributed by atoms with Gasteiger partial charge in [-0.15, -0.1) is 0 Å². The van der Waals surface area contributed by atoms with Gasteiger partial charge in [0.2, 0.25) is 5.95 Å². The van der Waals surface area contributed by atoms with Crippen LogP contribution in [-0.2, 0) is 0 Å². The van der Waals surface area contributed by atoms with Gasteiger partial charge in [0.05, 0.1) is 12.7 Å². The molecule has 0 saturated carbocycles. The zero-order chi connectivity index (χ0) is 21.1. The van der Waals surface area contributed by atoms with Crippen molar-refractivity contribution in [1.82, 2.24) is 19.9 Å². The second-order valence-corrected chi connectivity index (χ2v) is 7.61. The van der Waals surface area contributed by atoms with Crippen LogP contribution in [0.4, 0.5) is 5.95 Å². The minimum atomic E-state index is -0.0216. The largest absolute Gasteiger partial charge is 0.497 e. The third kappa shape index (κ3) is 4.01. The second kappa shape index (κ2) is 8.57. The van der Waals surface area contributed by atoms with Crippen LogP contribution in [0.15, 0.2) is 48.8 Å². The van der Waals surface area contributed by atoms with E-state index in [0.717, 1.165) is 54.7 Å². The molecule has 30 heavy (non-hydrogen) atoms. The molecule has 3 aromatic rings. The van der Waals surface area contributed by atoms with Crippen molar-refractivity contribution in [2.24, 2.45) is 0 Å². The zero-order valence-corrected chi connectivity index (χ0v) is 17.6. The summed E-state index contributed by atoms with van der Waals surface area (Å²) in [5, 5.41) is 3.22. The molecule has 0 bridgehead atoms. The van der Waals surface area contributed by atoms with Gasteiger partial charge in [-0.2, -0.15) is 0 Å². The predicted molar refractivity (Wildman–Crippen MR) is 117 cm³/mol. The van der Waals surface area contributed by atoms with Crippen LogP contribution in [0.25, 0.3) is 5.69 Å². The number of hydrogen-bond donors (Lipinski definition) is 1. The van der Waals surface area contributed by atoms with Crippen molar-refractivity contribution < 1.29 is 9.53 Å². The number of methoxy groups -OCH3 is 1. The molecule has 1 aromatic carbocycles. The van der Waals surface area contributed by atoms with Crippen LogP contribution >= 0.6 is 0 Å². The molecule has 1 aliphatic rings.